The van der Waals surface area contributed by atoms with Gasteiger partial charge in [-0.15, -0.1) is 11.6 Å². The van der Waals surface area contributed by atoms with E-state index in [-0.39, 0.29) is 0 Å². The van der Waals surface area contributed by atoms with Crippen molar-refractivity contribution in [2.24, 2.45) is 0 Å². The first-order valence-electron chi connectivity index (χ1n) is 4.92. The molecule has 0 heterocycles. The molecule has 0 bridgehead atoms. The Morgan fingerprint density at radius 2 is 2.20 bits per heavy atom. The highest BCUT2D eigenvalue weighted by Gasteiger charge is 2.06. The van der Waals surface area contributed by atoms with Gasteiger partial charge in [-0.25, -0.2) is 0 Å². The molecule has 0 aliphatic rings. The Kier molecular flexibility index (Phi) is 4.45. The lowest BCUT2D eigenvalue weighted by Crippen LogP contribution is -2.19. The summed E-state index contributed by atoms with van der Waals surface area (Å²) < 4.78 is 0. The fraction of sp³-hybridized carbons (Fsp3) is 0.417. The summed E-state index contributed by atoms with van der Waals surface area (Å²) in [5.41, 5.74) is 3.45. The molecular weight excluding hydrogens is 208 g/mol. The summed E-state index contributed by atoms with van der Waals surface area (Å²) in [5, 5.41) is 8.53. The van der Waals surface area contributed by atoms with Gasteiger partial charge in [0.25, 0.3) is 0 Å². The van der Waals surface area contributed by atoms with Gasteiger partial charge in [0.05, 0.1) is 12.5 Å². The minimum atomic E-state index is 0.508. The number of benzene rings is 1. The Morgan fingerprint density at radius 1 is 1.47 bits per heavy atom. The molecule has 1 rings (SSSR count). The summed E-state index contributed by atoms with van der Waals surface area (Å²) in [7, 11) is 1.98. The first-order chi connectivity index (χ1) is 7.19. The molecule has 1 aromatic rings. The van der Waals surface area contributed by atoms with E-state index in [1.807, 2.05) is 7.05 Å². The second kappa shape index (κ2) is 5.63. The minimum absolute atomic E-state index is 0.508. The van der Waals surface area contributed by atoms with Crippen molar-refractivity contribution in [2.45, 2.75) is 19.2 Å². The third-order valence-electron chi connectivity index (χ3n) is 2.35. The summed E-state index contributed by atoms with van der Waals surface area (Å²) >= 11 is 5.89. The highest BCUT2D eigenvalue weighted by atomic mass is 35.5. The van der Waals surface area contributed by atoms with Crippen molar-refractivity contribution in [1.29, 1.82) is 5.26 Å². The van der Waals surface area contributed by atoms with Crippen molar-refractivity contribution in [1.82, 2.24) is 0 Å². The van der Waals surface area contributed by atoms with E-state index in [1.54, 1.807) is 0 Å². The van der Waals surface area contributed by atoms with E-state index in [0.717, 1.165) is 17.8 Å². The van der Waals surface area contributed by atoms with Crippen LogP contribution in [0.3, 0.4) is 0 Å². The van der Waals surface area contributed by atoms with Crippen LogP contribution in [0.1, 0.15) is 17.5 Å². The van der Waals surface area contributed by atoms with Crippen molar-refractivity contribution in [3.8, 4) is 6.07 Å². The molecule has 15 heavy (non-hydrogen) atoms. The second-order valence-corrected chi connectivity index (χ2v) is 3.86. The number of rotatable bonds is 4. The van der Waals surface area contributed by atoms with Crippen molar-refractivity contribution in [3.05, 3.63) is 29.3 Å². The smallest absolute Gasteiger partial charge is 0.0640 e. The van der Waals surface area contributed by atoms with Gasteiger partial charge in [-0.2, -0.15) is 5.26 Å². The summed E-state index contributed by atoms with van der Waals surface area (Å²) in [5.74, 6) is 0.508. The van der Waals surface area contributed by atoms with Crippen LogP contribution in [0.25, 0.3) is 0 Å². The highest BCUT2D eigenvalue weighted by Crippen LogP contribution is 2.22. The fourth-order valence-electron chi connectivity index (χ4n) is 1.53. The number of nitriles is 1. The van der Waals surface area contributed by atoms with Gasteiger partial charge in [0.15, 0.2) is 0 Å². The van der Waals surface area contributed by atoms with Crippen LogP contribution in [0.5, 0.6) is 0 Å². The average molecular weight is 223 g/mol. The van der Waals surface area contributed by atoms with Crippen LogP contribution in [-0.4, -0.2) is 13.6 Å². The standard InChI is InChI=1S/C12H15ClN2/c1-10-4-5-12(11(8-10)9-13)15(2)7-3-6-14/h4-5,8H,3,7,9H2,1-2H3. The topological polar surface area (TPSA) is 27.0 Å². The summed E-state index contributed by atoms with van der Waals surface area (Å²) in [4.78, 5) is 2.07. The van der Waals surface area contributed by atoms with Gasteiger partial charge in [0.1, 0.15) is 0 Å². The summed E-state index contributed by atoms with van der Waals surface area (Å²) in [6.45, 7) is 2.79. The fourth-order valence-corrected chi connectivity index (χ4v) is 1.75. The van der Waals surface area contributed by atoms with E-state index >= 15 is 0 Å². The van der Waals surface area contributed by atoms with Crippen LogP contribution in [0, 0.1) is 18.3 Å². The lowest BCUT2D eigenvalue weighted by molar-refractivity contribution is 0.899. The third-order valence-corrected chi connectivity index (χ3v) is 2.64. The Bertz CT molecular complexity index is 368. The number of alkyl halides is 1. The van der Waals surface area contributed by atoms with Crippen molar-refractivity contribution >= 4 is 17.3 Å². The molecule has 0 aliphatic heterocycles. The van der Waals surface area contributed by atoms with E-state index in [2.05, 4.69) is 36.1 Å². The Morgan fingerprint density at radius 3 is 2.80 bits per heavy atom. The van der Waals surface area contributed by atoms with Gasteiger partial charge in [0, 0.05) is 25.2 Å². The van der Waals surface area contributed by atoms with Crippen LogP contribution >= 0.6 is 11.6 Å². The molecule has 0 unspecified atom stereocenters. The quantitative estimate of drug-likeness (QED) is 0.733. The Balaban J connectivity index is 2.88. The van der Waals surface area contributed by atoms with E-state index in [4.69, 9.17) is 16.9 Å². The van der Waals surface area contributed by atoms with Crippen molar-refractivity contribution in [2.75, 3.05) is 18.5 Å². The summed E-state index contributed by atoms with van der Waals surface area (Å²) in [6.07, 6.45) is 0.534. The monoisotopic (exact) mass is 222 g/mol. The van der Waals surface area contributed by atoms with Crippen LogP contribution in [0.2, 0.25) is 0 Å². The zero-order valence-corrected chi connectivity index (χ0v) is 9.88. The van der Waals surface area contributed by atoms with Gasteiger partial charge < -0.3 is 4.90 Å². The van der Waals surface area contributed by atoms with Crippen LogP contribution < -0.4 is 4.90 Å². The lowest BCUT2D eigenvalue weighted by atomic mass is 10.1. The molecule has 0 amide bonds. The maximum atomic E-state index is 8.53. The number of halogens is 1. The maximum absolute atomic E-state index is 8.53. The predicted molar refractivity (Wildman–Crippen MR) is 64.2 cm³/mol. The van der Waals surface area contributed by atoms with Crippen molar-refractivity contribution < 1.29 is 0 Å². The molecule has 0 atom stereocenters. The molecule has 0 saturated heterocycles. The first kappa shape index (κ1) is 11.9. The van der Waals surface area contributed by atoms with E-state index in [0.29, 0.717) is 12.3 Å². The highest BCUT2D eigenvalue weighted by molar-refractivity contribution is 6.17. The lowest BCUT2D eigenvalue weighted by Gasteiger charge is -2.21. The van der Waals surface area contributed by atoms with Crippen LogP contribution in [0.4, 0.5) is 5.69 Å². The number of nitrogens with zero attached hydrogens (tertiary/aromatic N) is 2. The molecular formula is C12H15ClN2. The average Bonchev–Trinajstić information content (AvgIpc) is 2.25. The molecule has 0 aliphatic carbocycles. The second-order valence-electron chi connectivity index (χ2n) is 3.60. The largest absolute Gasteiger partial charge is 0.373 e. The van der Waals surface area contributed by atoms with Crippen LogP contribution in [0.15, 0.2) is 18.2 Å². The predicted octanol–water partition coefficient (Wildman–Crippen LogP) is 3.08. The van der Waals surface area contributed by atoms with E-state index < -0.39 is 0 Å². The molecule has 0 saturated carbocycles. The van der Waals surface area contributed by atoms with Gasteiger partial charge in [0.2, 0.25) is 0 Å². The van der Waals surface area contributed by atoms with E-state index in [1.165, 1.54) is 5.56 Å². The number of anilines is 1. The zero-order valence-electron chi connectivity index (χ0n) is 9.13. The molecule has 0 N–H and O–H groups in total. The molecule has 0 fully saturated rings. The molecule has 0 spiro atoms. The van der Waals surface area contributed by atoms with Gasteiger partial charge >= 0.3 is 0 Å². The molecule has 80 valence electrons. The number of hydrogen-bond donors (Lipinski definition) is 0. The first-order valence-corrected chi connectivity index (χ1v) is 5.46. The summed E-state index contributed by atoms with van der Waals surface area (Å²) in [6, 6.07) is 8.35. The number of hydrogen-bond acceptors (Lipinski definition) is 2. The molecule has 0 aromatic heterocycles. The Labute approximate surface area is 96.1 Å². The third kappa shape index (κ3) is 3.14. The van der Waals surface area contributed by atoms with Crippen molar-refractivity contribution in [3.63, 3.8) is 0 Å². The van der Waals surface area contributed by atoms with Gasteiger partial charge in [-0.05, 0) is 18.6 Å². The molecule has 2 nitrogen and oxygen atoms in total. The van der Waals surface area contributed by atoms with E-state index in [9.17, 15) is 0 Å². The van der Waals surface area contributed by atoms with Gasteiger partial charge in [-0.3, -0.25) is 0 Å². The minimum Gasteiger partial charge on any atom is -0.373 e. The van der Waals surface area contributed by atoms with Gasteiger partial charge in [-0.1, -0.05) is 17.7 Å². The molecule has 0 radical (unpaired) electrons. The molecule has 3 heteroatoms. The zero-order chi connectivity index (χ0) is 11.3. The SMILES string of the molecule is Cc1ccc(N(C)CCC#N)c(CCl)c1. The maximum Gasteiger partial charge on any atom is 0.0640 e. The number of aryl methyl sites for hydroxylation is 1. The van der Waals surface area contributed by atoms with Crippen LogP contribution in [-0.2, 0) is 5.88 Å². The molecule has 1 aromatic carbocycles. The Hall–Kier alpha value is -1.20. The normalized spacial score (nSPS) is 9.73.